The molecule has 0 amide bonds. The number of hydrogen-bond donors (Lipinski definition) is 3. The van der Waals surface area contributed by atoms with Crippen LogP contribution in [0.2, 0.25) is 0 Å². The van der Waals surface area contributed by atoms with Gasteiger partial charge in [0.05, 0.1) is 0 Å². The quantitative estimate of drug-likeness (QED) is 0.465. The number of carbonyl (C=O) groups is 2. The predicted molar refractivity (Wildman–Crippen MR) is 66.8 cm³/mol. The second-order valence-corrected chi connectivity index (χ2v) is 4.04. The normalized spacial score (nSPS) is 11.9. The summed E-state index contributed by atoms with van der Waals surface area (Å²) < 4.78 is 10.4. The van der Waals surface area contributed by atoms with Crippen LogP contribution >= 0.6 is 0 Å². The first kappa shape index (κ1) is 14.5. The first-order chi connectivity index (χ1) is 10.0. The van der Waals surface area contributed by atoms with Gasteiger partial charge in [0.15, 0.2) is 0 Å². The molecular formula is C12H12N3O6+. The van der Waals surface area contributed by atoms with E-state index in [1.54, 1.807) is 30.3 Å². The van der Waals surface area contributed by atoms with Crippen LogP contribution in [0.1, 0.15) is 10.5 Å². The van der Waals surface area contributed by atoms with E-state index in [0.717, 1.165) is 4.68 Å². The van der Waals surface area contributed by atoms with Gasteiger partial charge in [0, 0.05) is 12.1 Å². The highest BCUT2D eigenvalue weighted by atomic mass is 16.5. The number of esters is 1. The second-order valence-electron chi connectivity index (χ2n) is 4.04. The molecule has 9 nitrogen and oxygen atoms in total. The number of aliphatic carboxylic acids is 1. The zero-order chi connectivity index (χ0) is 15.4. The van der Waals surface area contributed by atoms with Crippen molar-refractivity contribution in [3.63, 3.8) is 0 Å². The van der Waals surface area contributed by atoms with Gasteiger partial charge in [0.1, 0.15) is 12.6 Å². The molecule has 1 aromatic carbocycles. The number of nitrogens with two attached hydrogens (primary N) is 1. The Morgan fingerprint density at radius 2 is 2.05 bits per heavy atom. The van der Waals surface area contributed by atoms with Crippen molar-refractivity contribution in [1.82, 2.24) is 5.27 Å². The zero-order valence-electron chi connectivity index (χ0n) is 10.7. The number of benzene rings is 1. The van der Waals surface area contributed by atoms with Crippen LogP contribution < -0.4 is 16.0 Å². The maximum atomic E-state index is 11.9. The van der Waals surface area contributed by atoms with E-state index in [9.17, 15) is 14.4 Å². The Labute approximate surface area is 117 Å². The number of hydrogen-bond acceptors (Lipinski definition) is 6. The molecule has 0 saturated carbocycles. The molecule has 1 aromatic heterocycles. The maximum absolute atomic E-state index is 11.9. The molecule has 1 atom stereocenters. The Morgan fingerprint density at radius 1 is 1.38 bits per heavy atom. The summed E-state index contributed by atoms with van der Waals surface area (Å²) in [6, 6.07) is 7.04. The molecule has 0 spiro atoms. The largest absolute Gasteiger partial charge is 0.480 e. The standard InChI is InChI=1S/C12H11N3O6/c13-8(10(16)17)6-20-11(18)9-12(19)21-14-15(9)7-4-2-1-3-5-7/h1-5,8H,6,13H2,(H-,14,16,17,18,19)/p+1/t8-/m0/s1. The fourth-order valence-corrected chi connectivity index (χ4v) is 1.51. The smallest absolute Gasteiger partial charge is 0.442 e. The summed E-state index contributed by atoms with van der Waals surface area (Å²) in [6.07, 6.45) is 0. The van der Waals surface area contributed by atoms with Gasteiger partial charge in [0.25, 0.3) is 0 Å². The van der Waals surface area contributed by atoms with Crippen LogP contribution in [0.3, 0.4) is 0 Å². The predicted octanol–water partition coefficient (Wildman–Crippen LogP) is -1.19. The number of carboxylic acid groups (broad SMARTS) is 1. The van der Waals surface area contributed by atoms with Crippen LogP contribution in [0.15, 0.2) is 39.6 Å². The van der Waals surface area contributed by atoms with E-state index in [1.165, 1.54) is 0 Å². The highest BCUT2D eigenvalue weighted by molar-refractivity contribution is 5.85. The molecule has 0 aliphatic heterocycles. The van der Waals surface area contributed by atoms with Crippen molar-refractivity contribution in [3.8, 4) is 5.69 Å². The molecule has 0 saturated heterocycles. The molecule has 2 aromatic rings. The lowest BCUT2D eigenvalue weighted by molar-refractivity contribution is -0.672. The van der Waals surface area contributed by atoms with Gasteiger partial charge in [-0.15, -0.1) is 0 Å². The fraction of sp³-hybridized carbons (Fsp3) is 0.167. The lowest BCUT2D eigenvalue weighted by atomic mass is 10.3. The van der Waals surface area contributed by atoms with Gasteiger partial charge in [-0.2, -0.15) is 0 Å². The number of H-pyrrole nitrogens is 1. The summed E-state index contributed by atoms with van der Waals surface area (Å²) >= 11 is 0. The molecule has 0 aliphatic rings. The third-order valence-corrected chi connectivity index (χ3v) is 2.57. The molecule has 1 heterocycles. The van der Waals surface area contributed by atoms with Crippen LogP contribution in [-0.2, 0) is 9.53 Å². The summed E-state index contributed by atoms with van der Waals surface area (Å²) in [5.74, 6) is -2.36. The summed E-state index contributed by atoms with van der Waals surface area (Å²) in [5.41, 5.74) is 4.33. The van der Waals surface area contributed by atoms with Crippen molar-refractivity contribution in [2.45, 2.75) is 6.04 Å². The van der Waals surface area contributed by atoms with Crippen molar-refractivity contribution in [3.05, 3.63) is 46.4 Å². The molecule has 0 fully saturated rings. The van der Waals surface area contributed by atoms with Crippen molar-refractivity contribution in [2.75, 3.05) is 6.61 Å². The first-order valence-electron chi connectivity index (χ1n) is 5.85. The van der Waals surface area contributed by atoms with Gasteiger partial charge in [-0.05, 0) is 9.95 Å². The van der Waals surface area contributed by atoms with Crippen LogP contribution in [0, 0.1) is 0 Å². The number of para-hydroxylation sites is 1. The fourth-order valence-electron chi connectivity index (χ4n) is 1.51. The monoisotopic (exact) mass is 294 g/mol. The highest BCUT2D eigenvalue weighted by Crippen LogP contribution is 1.99. The van der Waals surface area contributed by atoms with Gasteiger partial charge < -0.3 is 15.6 Å². The van der Waals surface area contributed by atoms with E-state index in [0.29, 0.717) is 5.69 Å². The minimum absolute atomic E-state index is 0.418. The van der Waals surface area contributed by atoms with Crippen molar-refractivity contribution < 1.29 is 28.6 Å². The highest BCUT2D eigenvalue weighted by Gasteiger charge is 2.32. The topological polar surface area (TPSA) is 139 Å². The lowest BCUT2D eigenvalue weighted by Gasteiger charge is -2.05. The molecule has 0 radical (unpaired) electrons. The number of aromatic nitrogens is 2. The van der Waals surface area contributed by atoms with E-state index >= 15 is 0 Å². The Hall–Kier alpha value is -2.94. The molecule has 2 rings (SSSR count). The number of nitrogens with zero attached hydrogens (tertiary/aromatic N) is 1. The van der Waals surface area contributed by atoms with E-state index in [4.69, 9.17) is 15.6 Å². The van der Waals surface area contributed by atoms with E-state index in [-0.39, 0.29) is 0 Å². The van der Waals surface area contributed by atoms with Crippen molar-refractivity contribution in [1.29, 1.82) is 0 Å². The molecular weight excluding hydrogens is 282 g/mol. The Morgan fingerprint density at radius 3 is 2.67 bits per heavy atom. The first-order valence-corrected chi connectivity index (χ1v) is 5.85. The number of rotatable bonds is 5. The number of aromatic amines is 1. The van der Waals surface area contributed by atoms with Gasteiger partial charge >= 0.3 is 23.3 Å². The van der Waals surface area contributed by atoms with E-state index in [2.05, 4.69) is 9.79 Å². The molecule has 4 N–H and O–H groups in total. The van der Waals surface area contributed by atoms with Gasteiger partial charge in [-0.3, -0.25) is 9.32 Å². The number of ether oxygens (including phenoxy) is 1. The van der Waals surface area contributed by atoms with Gasteiger partial charge in [0.2, 0.25) is 5.69 Å². The summed E-state index contributed by atoms with van der Waals surface area (Å²) in [5, 5.41) is 10.9. The molecule has 9 heteroatoms. The van der Waals surface area contributed by atoms with Crippen LogP contribution in [0.4, 0.5) is 0 Å². The molecule has 21 heavy (non-hydrogen) atoms. The summed E-state index contributed by atoms with van der Waals surface area (Å²) in [4.78, 5) is 34.0. The van der Waals surface area contributed by atoms with E-state index in [1.807, 2.05) is 0 Å². The zero-order valence-corrected chi connectivity index (χ0v) is 10.7. The Bertz CT molecular complexity index is 705. The van der Waals surface area contributed by atoms with Crippen LogP contribution in [0.5, 0.6) is 0 Å². The average Bonchev–Trinajstić information content (AvgIpc) is 2.87. The Balaban J connectivity index is 2.24. The van der Waals surface area contributed by atoms with Gasteiger partial charge in [-0.1, -0.05) is 18.2 Å². The van der Waals surface area contributed by atoms with Crippen LogP contribution in [-0.4, -0.2) is 35.0 Å². The second kappa shape index (κ2) is 6.01. The minimum atomic E-state index is -1.37. The third kappa shape index (κ3) is 3.15. The van der Waals surface area contributed by atoms with Crippen LogP contribution in [0.25, 0.3) is 5.69 Å². The van der Waals surface area contributed by atoms with Crippen molar-refractivity contribution in [2.24, 2.45) is 5.73 Å². The molecule has 0 aliphatic carbocycles. The average molecular weight is 294 g/mol. The molecule has 0 unspecified atom stereocenters. The Kier molecular flexibility index (Phi) is 4.14. The number of carboxylic acids is 1. The lowest BCUT2D eigenvalue weighted by Crippen LogP contribution is -2.43. The van der Waals surface area contributed by atoms with Crippen molar-refractivity contribution >= 4 is 11.9 Å². The molecule has 110 valence electrons. The minimum Gasteiger partial charge on any atom is -0.480 e. The summed E-state index contributed by atoms with van der Waals surface area (Å²) in [6.45, 7) is -0.562. The summed E-state index contributed by atoms with van der Waals surface area (Å²) in [7, 11) is 0. The number of nitrogens with one attached hydrogen (secondary N) is 1. The molecule has 0 bridgehead atoms. The maximum Gasteiger partial charge on any atom is 0.442 e. The van der Waals surface area contributed by atoms with Gasteiger partial charge in [-0.25, -0.2) is 9.59 Å². The van der Waals surface area contributed by atoms with E-state index < -0.39 is 35.9 Å². The SMILES string of the molecule is N[C@@H](COC(=O)c1c(=O)o[nH][n+]1-c1ccccc1)C(=O)O. The third-order valence-electron chi connectivity index (χ3n) is 2.57. The number of carbonyl (C=O) groups excluding carboxylic acids is 1.